The van der Waals surface area contributed by atoms with Gasteiger partial charge in [0.2, 0.25) is 0 Å². The van der Waals surface area contributed by atoms with Crippen LogP contribution in [0.25, 0.3) is 6.08 Å². The summed E-state index contributed by atoms with van der Waals surface area (Å²) in [7, 11) is 0. The third-order valence-corrected chi connectivity index (χ3v) is 5.37. The molecule has 2 amide bonds. The highest BCUT2D eigenvalue weighted by molar-refractivity contribution is 5.97. The number of morpholine rings is 1. The largest absolute Gasteiger partial charge is 0.391 e. The van der Waals surface area contributed by atoms with Gasteiger partial charge in [0.15, 0.2) is 0 Å². The molecule has 0 bridgehead atoms. The maximum Gasteiger partial charge on any atom is 0.268 e. The van der Waals surface area contributed by atoms with E-state index in [1.807, 2.05) is 18.2 Å². The zero-order valence-corrected chi connectivity index (χ0v) is 19.0. The summed E-state index contributed by atoms with van der Waals surface area (Å²) in [5.41, 5.74) is 4.79. The Morgan fingerprint density at radius 2 is 1.79 bits per heavy atom. The van der Waals surface area contributed by atoms with E-state index in [-0.39, 0.29) is 0 Å². The van der Waals surface area contributed by atoms with Gasteiger partial charge in [0.1, 0.15) is 6.04 Å². The number of carbonyl (C=O) groups is 2. The zero-order valence-electron chi connectivity index (χ0n) is 19.0. The molecule has 0 unspecified atom stereocenters. The molecule has 1 heterocycles. The number of amides is 2. The topological polar surface area (TPSA) is 111 Å². The summed E-state index contributed by atoms with van der Waals surface area (Å²) in [6.07, 6.45) is 2.41. The Hall–Kier alpha value is -3.48. The summed E-state index contributed by atoms with van der Waals surface area (Å²) < 4.78 is 5.38. The van der Waals surface area contributed by atoms with E-state index in [0.717, 1.165) is 44.0 Å². The molecule has 2 atom stereocenters. The fourth-order valence-corrected chi connectivity index (χ4v) is 3.42. The van der Waals surface area contributed by atoms with Crippen molar-refractivity contribution in [1.29, 1.82) is 0 Å². The van der Waals surface area contributed by atoms with E-state index in [0.29, 0.717) is 5.56 Å². The quantitative estimate of drug-likeness (QED) is 0.282. The summed E-state index contributed by atoms with van der Waals surface area (Å²) in [6, 6.07) is 13.7. The van der Waals surface area contributed by atoms with Crippen molar-refractivity contribution in [2.45, 2.75) is 25.6 Å². The number of hydroxylamine groups is 1. The van der Waals surface area contributed by atoms with Gasteiger partial charge in [-0.1, -0.05) is 36.1 Å². The van der Waals surface area contributed by atoms with Gasteiger partial charge >= 0.3 is 0 Å². The van der Waals surface area contributed by atoms with Gasteiger partial charge < -0.3 is 15.2 Å². The molecule has 8 heteroatoms. The first kappa shape index (κ1) is 25.1. The average Bonchev–Trinajstić information content (AvgIpc) is 2.86. The van der Waals surface area contributed by atoms with Gasteiger partial charge in [-0.25, -0.2) is 5.48 Å². The normalized spacial score (nSPS) is 15.7. The number of nitrogens with one attached hydrogen (secondary N) is 2. The standard InChI is InChI=1S/C26H29N3O5/c1-19(30)24(26(32)28-33)27-25(31)23-12-10-21(11-13-23)5-3-2-4-20-6-8-22(9-7-20)18-29-14-16-34-17-15-29/h3,5-13,19,24,30,33H,14-18H2,1H3,(H,27,31)(H,28,32)/b5-3+/t19-,24+/m1/s1. The number of hydrogen-bond donors (Lipinski definition) is 4. The van der Waals surface area contributed by atoms with Crippen LogP contribution >= 0.6 is 0 Å². The molecule has 1 aliphatic heterocycles. The van der Waals surface area contributed by atoms with Crippen molar-refractivity contribution < 1.29 is 24.6 Å². The van der Waals surface area contributed by atoms with Gasteiger partial charge in [-0.2, -0.15) is 0 Å². The van der Waals surface area contributed by atoms with Gasteiger partial charge in [0.25, 0.3) is 11.8 Å². The molecule has 4 N–H and O–H groups in total. The van der Waals surface area contributed by atoms with Crippen LogP contribution in [0.4, 0.5) is 0 Å². The number of rotatable bonds is 7. The molecule has 1 saturated heterocycles. The van der Waals surface area contributed by atoms with E-state index in [1.165, 1.54) is 18.0 Å². The fraction of sp³-hybridized carbons (Fsp3) is 0.308. The van der Waals surface area contributed by atoms with E-state index in [4.69, 9.17) is 9.94 Å². The van der Waals surface area contributed by atoms with Crippen LogP contribution < -0.4 is 10.8 Å². The SMILES string of the molecule is C[C@@H](O)[C@H](NC(=O)c1ccc(/C=C/C#Cc2ccc(CN3CCOCC3)cc2)cc1)C(=O)NO. The molecule has 1 aliphatic rings. The number of aliphatic hydroxyl groups is 1. The van der Waals surface area contributed by atoms with E-state index >= 15 is 0 Å². The second-order valence-corrected chi connectivity index (χ2v) is 7.98. The molecule has 34 heavy (non-hydrogen) atoms. The van der Waals surface area contributed by atoms with Gasteiger partial charge in [0, 0.05) is 30.8 Å². The molecule has 2 aromatic rings. The highest BCUT2D eigenvalue weighted by Gasteiger charge is 2.25. The molecular formula is C26H29N3O5. The van der Waals surface area contributed by atoms with Crippen molar-refractivity contribution in [3.63, 3.8) is 0 Å². The molecule has 8 nitrogen and oxygen atoms in total. The third-order valence-electron chi connectivity index (χ3n) is 5.37. The Labute approximate surface area is 199 Å². The lowest BCUT2D eigenvalue weighted by molar-refractivity contribution is -0.133. The number of allylic oxidation sites excluding steroid dienone is 1. The number of aliphatic hydroxyl groups excluding tert-OH is 1. The van der Waals surface area contributed by atoms with Gasteiger partial charge in [-0.15, -0.1) is 0 Å². The van der Waals surface area contributed by atoms with Crippen molar-refractivity contribution in [2.24, 2.45) is 0 Å². The minimum atomic E-state index is -1.26. The van der Waals surface area contributed by atoms with Gasteiger partial charge in [0.05, 0.1) is 19.3 Å². The Morgan fingerprint density at radius 1 is 1.12 bits per heavy atom. The van der Waals surface area contributed by atoms with Crippen LogP contribution in [-0.2, 0) is 16.1 Å². The van der Waals surface area contributed by atoms with Gasteiger partial charge in [-0.3, -0.25) is 19.7 Å². The second-order valence-electron chi connectivity index (χ2n) is 7.98. The van der Waals surface area contributed by atoms with Crippen LogP contribution in [0.15, 0.2) is 54.6 Å². The van der Waals surface area contributed by atoms with Crippen molar-refractivity contribution >= 4 is 17.9 Å². The Morgan fingerprint density at radius 3 is 2.41 bits per heavy atom. The van der Waals surface area contributed by atoms with Crippen LogP contribution in [0.1, 0.15) is 34.0 Å². The number of carbonyl (C=O) groups excluding carboxylic acids is 2. The highest BCUT2D eigenvalue weighted by Crippen LogP contribution is 2.10. The molecule has 0 aromatic heterocycles. The van der Waals surface area contributed by atoms with Gasteiger partial charge in [-0.05, 0) is 54.5 Å². The number of ether oxygens (including phenoxy) is 1. The molecule has 2 aromatic carbocycles. The molecule has 0 spiro atoms. The van der Waals surface area contributed by atoms with Crippen LogP contribution in [0, 0.1) is 11.8 Å². The monoisotopic (exact) mass is 463 g/mol. The van der Waals surface area contributed by atoms with E-state index in [2.05, 4.69) is 34.2 Å². The van der Waals surface area contributed by atoms with Crippen LogP contribution in [0.5, 0.6) is 0 Å². The summed E-state index contributed by atoms with van der Waals surface area (Å²) in [5, 5.41) is 20.7. The molecule has 1 fully saturated rings. The maximum absolute atomic E-state index is 12.3. The summed E-state index contributed by atoms with van der Waals surface area (Å²) in [5.74, 6) is 4.69. The molecule has 178 valence electrons. The van der Waals surface area contributed by atoms with Crippen LogP contribution in [-0.4, -0.2) is 65.5 Å². The lowest BCUT2D eigenvalue weighted by Gasteiger charge is -2.26. The Balaban J connectivity index is 1.52. The molecule has 3 rings (SSSR count). The van der Waals surface area contributed by atoms with Crippen LogP contribution in [0.3, 0.4) is 0 Å². The Bertz CT molecular complexity index is 1050. The zero-order chi connectivity index (χ0) is 24.3. The minimum Gasteiger partial charge on any atom is -0.391 e. The summed E-state index contributed by atoms with van der Waals surface area (Å²) in [4.78, 5) is 26.2. The predicted molar refractivity (Wildman–Crippen MR) is 128 cm³/mol. The number of hydrogen-bond acceptors (Lipinski definition) is 6. The van der Waals surface area contributed by atoms with Crippen molar-refractivity contribution in [1.82, 2.24) is 15.7 Å². The van der Waals surface area contributed by atoms with Crippen molar-refractivity contribution in [3.8, 4) is 11.8 Å². The first-order chi connectivity index (χ1) is 16.5. The molecule has 0 saturated carbocycles. The fourth-order valence-electron chi connectivity index (χ4n) is 3.42. The minimum absolute atomic E-state index is 0.316. The lowest BCUT2D eigenvalue weighted by Crippen LogP contribution is -2.51. The number of nitrogens with zero attached hydrogens (tertiary/aromatic N) is 1. The second kappa shape index (κ2) is 12.7. The van der Waals surface area contributed by atoms with Crippen LogP contribution in [0.2, 0.25) is 0 Å². The van der Waals surface area contributed by atoms with E-state index in [9.17, 15) is 14.7 Å². The van der Waals surface area contributed by atoms with E-state index < -0.39 is 24.0 Å². The van der Waals surface area contributed by atoms with Crippen molar-refractivity contribution in [2.75, 3.05) is 26.3 Å². The highest BCUT2D eigenvalue weighted by atomic mass is 16.5. The first-order valence-electron chi connectivity index (χ1n) is 11.1. The molecule has 0 radical (unpaired) electrons. The number of benzene rings is 2. The smallest absolute Gasteiger partial charge is 0.268 e. The Kier molecular flexibility index (Phi) is 9.38. The van der Waals surface area contributed by atoms with Crippen molar-refractivity contribution in [3.05, 3.63) is 76.9 Å². The molecular weight excluding hydrogens is 434 g/mol. The molecule has 0 aliphatic carbocycles. The third kappa shape index (κ3) is 7.54. The predicted octanol–water partition coefficient (Wildman–Crippen LogP) is 1.57. The maximum atomic E-state index is 12.3. The average molecular weight is 464 g/mol. The first-order valence-corrected chi connectivity index (χ1v) is 11.1. The summed E-state index contributed by atoms with van der Waals surface area (Å²) in [6.45, 7) is 5.76. The van der Waals surface area contributed by atoms with E-state index in [1.54, 1.807) is 30.3 Å². The summed E-state index contributed by atoms with van der Waals surface area (Å²) >= 11 is 0. The lowest BCUT2D eigenvalue weighted by atomic mass is 10.1.